The van der Waals surface area contributed by atoms with Gasteiger partial charge in [0, 0.05) is 36.4 Å². The van der Waals surface area contributed by atoms with Crippen molar-refractivity contribution >= 4 is 33.9 Å². The number of aryl methyl sites for hydroxylation is 1. The number of amides is 1. The monoisotopic (exact) mass is 366 g/mol. The van der Waals surface area contributed by atoms with Gasteiger partial charge in [-0.1, -0.05) is 0 Å². The van der Waals surface area contributed by atoms with Gasteiger partial charge in [-0.3, -0.25) is 9.36 Å². The maximum atomic E-state index is 13.3. The third-order valence-electron chi connectivity index (χ3n) is 4.57. The number of benzene rings is 1. The number of H-pyrrole nitrogens is 1. The molecule has 3 heterocycles. The third-order valence-corrected chi connectivity index (χ3v) is 4.57. The molecule has 3 N–H and O–H groups in total. The van der Waals surface area contributed by atoms with E-state index in [1.165, 1.54) is 18.3 Å². The summed E-state index contributed by atoms with van der Waals surface area (Å²) in [4.78, 5) is 26.2. The van der Waals surface area contributed by atoms with Gasteiger partial charge in [0.15, 0.2) is 5.65 Å². The Balaban J connectivity index is 1.58. The minimum atomic E-state index is -0.289. The van der Waals surface area contributed by atoms with E-state index in [1.54, 1.807) is 28.6 Å². The summed E-state index contributed by atoms with van der Waals surface area (Å²) in [5.41, 5.74) is 9.22. The lowest BCUT2D eigenvalue weighted by atomic mass is 10.2. The van der Waals surface area contributed by atoms with Crippen molar-refractivity contribution in [3.05, 3.63) is 53.6 Å². The molecule has 0 radical (unpaired) electrons. The highest BCUT2D eigenvalue weighted by atomic mass is 19.1. The average Bonchev–Trinajstić information content (AvgIpc) is 3.18. The molecule has 8 heteroatoms. The third kappa shape index (κ3) is 2.99. The van der Waals surface area contributed by atoms with Gasteiger partial charge in [0.1, 0.15) is 11.3 Å². The molecule has 0 unspecified atom stereocenters. The molecule has 1 amide bonds. The van der Waals surface area contributed by atoms with Crippen molar-refractivity contribution in [3.8, 4) is 0 Å². The average molecular weight is 366 g/mol. The topological polar surface area (TPSA) is 92.8 Å². The summed E-state index contributed by atoms with van der Waals surface area (Å²) in [6, 6.07) is 8.09. The van der Waals surface area contributed by atoms with Crippen molar-refractivity contribution in [2.75, 3.05) is 12.8 Å². The van der Waals surface area contributed by atoms with E-state index in [9.17, 15) is 9.18 Å². The number of nitrogen functional groups attached to an aromatic ring is 1. The van der Waals surface area contributed by atoms with E-state index >= 15 is 0 Å². The molecule has 27 heavy (non-hydrogen) atoms. The molecule has 0 saturated heterocycles. The first kappa shape index (κ1) is 17.0. The predicted molar refractivity (Wildman–Crippen MR) is 102 cm³/mol. The van der Waals surface area contributed by atoms with Gasteiger partial charge >= 0.3 is 0 Å². The quantitative estimate of drug-likeness (QED) is 0.581. The second kappa shape index (κ2) is 6.39. The lowest BCUT2D eigenvalue weighted by Crippen LogP contribution is -2.26. The number of rotatable bonds is 4. The van der Waals surface area contributed by atoms with Crippen LogP contribution in [0.2, 0.25) is 0 Å². The van der Waals surface area contributed by atoms with Crippen molar-refractivity contribution in [1.82, 2.24) is 24.4 Å². The number of halogens is 1. The van der Waals surface area contributed by atoms with E-state index in [2.05, 4.69) is 15.0 Å². The first-order valence-electron chi connectivity index (χ1n) is 8.60. The lowest BCUT2D eigenvalue weighted by molar-refractivity contribution is 0.0783. The Morgan fingerprint density at radius 2 is 2.15 bits per heavy atom. The van der Waals surface area contributed by atoms with Crippen LogP contribution in [0.15, 0.2) is 36.5 Å². The number of nitrogens with two attached hydrogens (primary N) is 1. The molecule has 0 aliphatic carbocycles. The predicted octanol–water partition coefficient (Wildman–Crippen LogP) is 2.93. The molecule has 3 aromatic heterocycles. The van der Waals surface area contributed by atoms with Crippen molar-refractivity contribution in [3.63, 3.8) is 0 Å². The summed E-state index contributed by atoms with van der Waals surface area (Å²) in [5.74, 6) is -0.0928. The Kier molecular flexibility index (Phi) is 4.02. The number of aromatic nitrogens is 4. The van der Waals surface area contributed by atoms with Gasteiger partial charge in [-0.05, 0) is 37.3 Å². The fraction of sp³-hybridized carbons (Fsp3) is 0.211. The van der Waals surface area contributed by atoms with Crippen molar-refractivity contribution in [2.24, 2.45) is 0 Å². The van der Waals surface area contributed by atoms with Crippen LogP contribution in [0, 0.1) is 5.82 Å². The highest BCUT2D eigenvalue weighted by molar-refractivity contribution is 5.96. The zero-order chi connectivity index (χ0) is 19.1. The zero-order valence-electron chi connectivity index (χ0n) is 15.0. The van der Waals surface area contributed by atoms with Crippen LogP contribution in [0.5, 0.6) is 0 Å². The Labute approximate surface area is 154 Å². The van der Waals surface area contributed by atoms with Gasteiger partial charge in [0.2, 0.25) is 5.95 Å². The number of hydrogen-bond acceptors (Lipinski definition) is 4. The second-order valence-electron chi connectivity index (χ2n) is 6.47. The number of hydrogen-bond donors (Lipinski definition) is 2. The Morgan fingerprint density at radius 1 is 1.33 bits per heavy atom. The van der Waals surface area contributed by atoms with Crippen molar-refractivity contribution < 1.29 is 9.18 Å². The van der Waals surface area contributed by atoms with Crippen molar-refractivity contribution in [2.45, 2.75) is 20.0 Å². The van der Waals surface area contributed by atoms with E-state index in [4.69, 9.17) is 5.73 Å². The van der Waals surface area contributed by atoms with Gasteiger partial charge in [0.05, 0.1) is 12.1 Å². The number of fused-ring (bicyclic) bond motifs is 2. The maximum Gasteiger partial charge on any atom is 0.255 e. The number of carbonyl (C=O) groups is 1. The maximum absolute atomic E-state index is 13.3. The summed E-state index contributed by atoms with van der Waals surface area (Å²) < 4.78 is 15.1. The fourth-order valence-electron chi connectivity index (χ4n) is 3.25. The number of carbonyl (C=O) groups excluding carboxylic acids is 1. The Hall–Kier alpha value is -3.42. The second-order valence-corrected chi connectivity index (χ2v) is 6.47. The minimum absolute atomic E-state index is 0.182. The highest BCUT2D eigenvalue weighted by Gasteiger charge is 2.16. The number of anilines is 1. The van der Waals surface area contributed by atoms with Crippen LogP contribution in [0.3, 0.4) is 0 Å². The van der Waals surface area contributed by atoms with Gasteiger partial charge in [-0.25, -0.2) is 14.4 Å². The van der Waals surface area contributed by atoms with Crippen LogP contribution in [0.25, 0.3) is 22.1 Å². The zero-order valence-corrected chi connectivity index (χ0v) is 15.0. The van der Waals surface area contributed by atoms with Crippen LogP contribution in [-0.4, -0.2) is 37.4 Å². The van der Waals surface area contributed by atoms with Crippen LogP contribution in [0.4, 0.5) is 10.3 Å². The number of aromatic amines is 1. The SMILES string of the molecule is CCn1c(N)nc2cc(C(=O)N(C)Cc3cc4cc(F)ccc4[nH]3)cnc21. The van der Waals surface area contributed by atoms with E-state index in [0.717, 1.165) is 16.6 Å². The van der Waals surface area contributed by atoms with E-state index in [0.29, 0.717) is 35.8 Å². The molecule has 0 atom stereocenters. The van der Waals surface area contributed by atoms with Crippen LogP contribution in [-0.2, 0) is 13.1 Å². The summed E-state index contributed by atoms with van der Waals surface area (Å²) in [6.07, 6.45) is 1.54. The highest BCUT2D eigenvalue weighted by Crippen LogP contribution is 2.20. The molecule has 0 aliphatic heterocycles. The summed E-state index contributed by atoms with van der Waals surface area (Å²) in [7, 11) is 1.71. The number of nitrogens with zero attached hydrogens (tertiary/aromatic N) is 4. The van der Waals surface area contributed by atoms with E-state index < -0.39 is 0 Å². The lowest BCUT2D eigenvalue weighted by Gasteiger charge is -2.16. The van der Waals surface area contributed by atoms with Crippen LogP contribution >= 0.6 is 0 Å². The molecule has 4 rings (SSSR count). The number of nitrogens with one attached hydrogen (secondary N) is 1. The van der Waals surface area contributed by atoms with Gasteiger partial charge in [-0.2, -0.15) is 0 Å². The molecule has 1 aromatic carbocycles. The largest absolute Gasteiger partial charge is 0.369 e. The number of imidazole rings is 1. The Morgan fingerprint density at radius 3 is 2.93 bits per heavy atom. The molecule has 0 aliphatic rings. The van der Waals surface area contributed by atoms with Crippen LogP contribution in [0.1, 0.15) is 23.0 Å². The molecule has 7 nitrogen and oxygen atoms in total. The van der Waals surface area contributed by atoms with Gasteiger partial charge in [-0.15, -0.1) is 0 Å². The molecule has 0 spiro atoms. The molecule has 4 aromatic rings. The molecule has 138 valence electrons. The molecule has 0 saturated carbocycles. The Bertz CT molecular complexity index is 1160. The summed E-state index contributed by atoms with van der Waals surface area (Å²) >= 11 is 0. The molecular weight excluding hydrogens is 347 g/mol. The molecule has 0 fully saturated rings. The summed E-state index contributed by atoms with van der Waals surface area (Å²) in [6.45, 7) is 2.97. The number of pyridine rings is 1. The summed E-state index contributed by atoms with van der Waals surface area (Å²) in [5, 5.41) is 0.773. The normalized spacial score (nSPS) is 11.4. The minimum Gasteiger partial charge on any atom is -0.369 e. The molecular formula is C19H19FN6O. The van der Waals surface area contributed by atoms with E-state index in [-0.39, 0.29) is 11.7 Å². The first-order chi connectivity index (χ1) is 13.0. The smallest absolute Gasteiger partial charge is 0.255 e. The van der Waals surface area contributed by atoms with Gasteiger partial charge in [0.25, 0.3) is 5.91 Å². The van der Waals surface area contributed by atoms with Crippen molar-refractivity contribution in [1.29, 1.82) is 0 Å². The molecule has 0 bridgehead atoms. The fourth-order valence-corrected chi connectivity index (χ4v) is 3.25. The van der Waals surface area contributed by atoms with Gasteiger partial charge < -0.3 is 15.6 Å². The first-order valence-corrected chi connectivity index (χ1v) is 8.60. The van der Waals surface area contributed by atoms with E-state index in [1.807, 2.05) is 13.0 Å². The van der Waals surface area contributed by atoms with Crippen LogP contribution < -0.4 is 5.73 Å². The standard InChI is InChI=1S/C19H19FN6O/c1-3-26-17-16(24-19(26)21)8-12(9-22-17)18(27)25(2)10-14-7-11-6-13(20)4-5-15(11)23-14/h4-9,23H,3,10H2,1-2H3,(H2,21,24).